The van der Waals surface area contributed by atoms with Crippen LogP contribution in [0.25, 0.3) is 6.08 Å². The number of rotatable bonds is 6. The van der Waals surface area contributed by atoms with E-state index >= 15 is 0 Å². The van der Waals surface area contributed by atoms with Gasteiger partial charge in [0.1, 0.15) is 0 Å². The molecule has 6 nitrogen and oxygen atoms in total. The van der Waals surface area contributed by atoms with E-state index in [1.54, 1.807) is 12.3 Å². The molecule has 2 heterocycles. The van der Waals surface area contributed by atoms with Crippen molar-refractivity contribution in [1.29, 1.82) is 0 Å². The standard InChI is InChI=1S/C21H24N4O2/c26-20(10-9-17-6-4-5-13-22-17)23-19-11-14-25(15-12-19)16-21(27)24-18-7-2-1-3-8-18/h1-10,13,19H,11-12,14-16H2,(H,23,26)(H,24,27). The van der Waals surface area contributed by atoms with E-state index in [1.807, 2.05) is 48.5 Å². The van der Waals surface area contributed by atoms with Crippen molar-refractivity contribution in [2.45, 2.75) is 18.9 Å². The van der Waals surface area contributed by atoms with E-state index in [-0.39, 0.29) is 17.9 Å². The van der Waals surface area contributed by atoms with E-state index in [0.29, 0.717) is 6.54 Å². The zero-order valence-corrected chi connectivity index (χ0v) is 15.2. The molecule has 140 valence electrons. The Morgan fingerprint density at radius 1 is 1.07 bits per heavy atom. The molecule has 1 saturated heterocycles. The maximum absolute atomic E-state index is 12.1. The summed E-state index contributed by atoms with van der Waals surface area (Å²) in [6, 6.07) is 15.2. The topological polar surface area (TPSA) is 74.3 Å². The number of pyridine rings is 1. The number of anilines is 1. The van der Waals surface area contributed by atoms with Crippen LogP contribution in [-0.2, 0) is 9.59 Å². The fraction of sp³-hybridized carbons (Fsp3) is 0.286. The van der Waals surface area contributed by atoms with Crippen LogP contribution in [0.4, 0.5) is 5.69 Å². The SMILES string of the molecule is O=C(C=Cc1ccccn1)NC1CCN(CC(=O)Nc2ccccc2)CC1. The summed E-state index contributed by atoms with van der Waals surface area (Å²) in [4.78, 5) is 30.4. The number of benzene rings is 1. The van der Waals surface area contributed by atoms with Gasteiger partial charge in [-0.15, -0.1) is 0 Å². The molecule has 27 heavy (non-hydrogen) atoms. The third kappa shape index (κ3) is 6.34. The van der Waals surface area contributed by atoms with Gasteiger partial charge in [0.05, 0.1) is 12.2 Å². The largest absolute Gasteiger partial charge is 0.350 e. The van der Waals surface area contributed by atoms with Crippen LogP contribution < -0.4 is 10.6 Å². The van der Waals surface area contributed by atoms with Gasteiger partial charge in [0.25, 0.3) is 0 Å². The maximum atomic E-state index is 12.1. The number of nitrogens with one attached hydrogen (secondary N) is 2. The van der Waals surface area contributed by atoms with Crippen molar-refractivity contribution in [3.8, 4) is 0 Å². The zero-order valence-electron chi connectivity index (χ0n) is 15.2. The average molecular weight is 364 g/mol. The molecule has 1 fully saturated rings. The molecule has 0 bridgehead atoms. The second-order valence-electron chi connectivity index (χ2n) is 6.56. The highest BCUT2D eigenvalue weighted by molar-refractivity contribution is 5.92. The molecule has 1 aromatic heterocycles. The highest BCUT2D eigenvalue weighted by Gasteiger charge is 2.21. The number of hydrogen-bond acceptors (Lipinski definition) is 4. The summed E-state index contributed by atoms with van der Waals surface area (Å²) in [5.74, 6) is -0.122. The fourth-order valence-electron chi connectivity index (χ4n) is 3.05. The molecule has 2 N–H and O–H groups in total. The van der Waals surface area contributed by atoms with Gasteiger partial charge >= 0.3 is 0 Å². The van der Waals surface area contributed by atoms with Crippen molar-refractivity contribution >= 4 is 23.6 Å². The normalized spacial score (nSPS) is 15.6. The first-order valence-electron chi connectivity index (χ1n) is 9.16. The molecule has 1 aliphatic heterocycles. The minimum atomic E-state index is -0.110. The van der Waals surface area contributed by atoms with Gasteiger partial charge in [0, 0.05) is 37.1 Å². The van der Waals surface area contributed by atoms with Crippen molar-refractivity contribution in [1.82, 2.24) is 15.2 Å². The molecule has 0 unspecified atom stereocenters. The van der Waals surface area contributed by atoms with Crippen LogP contribution >= 0.6 is 0 Å². The van der Waals surface area contributed by atoms with Crippen molar-refractivity contribution < 1.29 is 9.59 Å². The summed E-state index contributed by atoms with van der Waals surface area (Å²) < 4.78 is 0. The Bertz CT molecular complexity index is 769. The number of aromatic nitrogens is 1. The maximum Gasteiger partial charge on any atom is 0.244 e. The number of amides is 2. The second kappa shape index (κ2) is 9.64. The Hall–Kier alpha value is -2.99. The van der Waals surface area contributed by atoms with Crippen molar-refractivity contribution in [3.05, 3.63) is 66.5 Å². The van der Waals surface area contributed by atoms with Crippen LogP contribution in [-0.4, -0.2) is 47.4 Å². The van der Waals surface area contributed by atoms with Crippen molar-refractivity contribution in [2.75, 3.05) is 25.0 Å². The molecule has 3 rings (SSSR count). The fourth-order valence-corrected chi connectivity index (χ4v) is 3.05. The van der Waals surface area contributed by atoms with Gasteiger partial charge in [-0.1, -0.05) is 24.3 Å². The van der Waals surface area contributed by atoms with Gasteiger partial charge in [-0.2, -0.15) is 0 Å². The zero-order chi connectivity index (χ0) is 18.9. The van der Waals surface area contributed by atoms with Crippen LogP contribution in [0, 0.1) is 0 Å². The summed E-state index contributed by atoms with van der Waals surface area (Å²) >= 11 is 0. The number of likely N-dealkylation sites (tertiary alicyclic amines) is 1. The van der Waals surface area contributed by atoms with Gasteiger partial charge in [0.15, 0.2) is 0 Å². The predicted octanol–water partition coefficient (Wildman–Crippen LogP) is 2.31. The number of hydrogen-bond donors (Lipinski definition) is 2. The van der Waals surface area contributed by atoms with E-state index in [9.17, 15) is 9.59 Å². The molecule has 1 aliphatic rings. The Balaban J connectivity index is 1.38. The molecule has 2 aromatic rings. The van der Waals surface area contributed by atoms with Gasteiger partial charge in [0.2, 0.25) is 11.8 Å². The molecule has 1 aromatic carbocycles. The number of piperidine rings is 1. The lowest BCUT2D eigenvalue weighted by Gasteiger charge is -2.31. The van der Waals surface area contributed by atoms with Gasteiger partial charge < -0.3 is 10.6 Å². The molecular weight excluding hydrogens is 340 g/mol. The smallest absolute Gasteiger partial charge is 0.244 e. The van der Waals surface area contributed by atoms with Gasteiger partial charge in [-0.25, -0.2) is 0 Å². The summed E-state index contributed by atoms with van der Waals surface area (Å²) in [6.07, 6.45) is 6.59. The van der Waals surface area contributed by atoms with Crippen molar-refractivity contribution in [2.24, 2.45) is 0 Å². The first-order valence-corrected chi connectivity index (χ1v) is 9.16. The lowest BCUT2D eigenvalue weighted by molar-refractivity contribution is -0.119. The Kier molecular flexibility index (Phi) is 6.71. The van der Waals surface area contributed by atoms with Crippen molar-refractivity contribution in [3.63, 3.8) is 0 Å². The first kappa shape index (κ1) is 18.8. The minimum Gasteiger partial charge on any atom is -0.350 e. The van der Waals surface area contributed by atoms with Gasteiger partial charge in [-0.3, -0.25) is 19.5 Å². The van der Waals surface area contributed by atoms with Crippen LogP contribution in [0.3, 0.4) is 0 Å². The van der Waals surface area contributed by atoms with E-state index in [4.69, 9.17) is 0 Å². The van der Waals surface area contributed by atoms with E-state index in [1.165, 1.54) is 6.08 Å². The Morgan fingerprint density at radius 3 is 2.52 bits per heavy atom. The minimum absolute atomic E-state index is 0.0121. The highest BCUT2D eigenvalue weighted by Crippen LogP contribution is 2.11. The number of para-hydroxylation sites is 1. The lowest BCUT2D eigenvalue weighted by Crippen LogP contribution is -2.46. The van der Waals surface area contributed by atoms with Crippen LogP contribution in [0.15, 0.2) is 60.8 Å². The van der Waals surface area contributed by atoms with Crippen LogP contribution in [0.5, 0.6) is 0 Å². The molecule has 0 radical (unpaired) electrons. The quantitative estimate of drug-likeness (QED) is 0.772. The van der Waals surface area contributed by atoms with E-state index in [2.05, 4.69) is 20.5 Å². The van der Waals surface area contributed by atoms with Crippen LogP contribution in [0.2, 0.25) is 0 Å². The van der Waals surface area contributed by atoms with E-state index < -0.39 is 0 Å². The summed E-state index contributed by atoms with van der Waals surface area (Å²) in [5, 5.41) is 5.92. The third-order valence-corrected chi connectivity index (χ3v) is 4.45. The molecular formula is C21H24N4O2. The number of nitrogens with zero attached hydrogens (tertiary/aromatic N) is 2. The Labute approximate surface area is 159 Å². The predicted molar refractivity (Wildman–Crippen MR) is 106 cm³/mol. The molecule has 0 spiro atoms. The monoisotopic (exact) mass is 364 g/mol. The second-order valence-corrected chi connectivity index (χ2v) is 6.56. The Morgan fingerprint density at radius 2 is 1.81 bits per heavy atom. The molecule has 2 amide bonds. The number of carbonyl (C=O) groups excluding carboxylic acids is 2. The number of carbonyl (C=O) groups is 2. The molecule has 6 heteroatoms. The highest BCUT2D eigenvalue weighted by atomic mass is 16.2. The average Bonchev–Trinajstić information content (AvgIpc) is 2.69. The molecule has 0 atom stereocenters. The summed E-state index contributed by atoms with van der Waals surface area (Å²) in [6.45, 7) is 1.95. The third-order valence-electron chi connectivity index (χ3n) is 4.45. The summed E-state index contributed by atoms with van der Waals surface area (Å²) in [7, 11) is 0. The lowest BCUT2D eigenvalue weighted by atomic mass is 10.0. The molecule has 0 aliphatic carbocycles. The first-order chi connectivity index (χ1) is 13.2. The summed E-state index contributed by atoms with van der Waals surface area (Å²) in [5.41, 5.74) is 1.57. The van der Waals surface area contributed by atoms with E-state index in [0.717, 1.165) is 37.3 Å². The van der Waals surface area contributed by atoms with Crippen LogP contribution in [0.1, 0.15) is 18.5 Å². The molecule has 0 saturated carbocycles. The van der Waals surface area contributed by atoms with Gasteiger partial charge in [-0.05, 0) is 43.2 Å².